The molecule has 0 aliphatic carbocycles. The molecule has 3 N–H and O–H groups in total. The summed E-state index contributed by atoms with van der Waals surface area (Å²) in [5, 5.41) is 27.9. The number of hydrogen-bond acceptors (Lipinski definition) is 3. The Hall–Kier alpha value is -1.92. The molecule has 1 aromatic heterocycles. The number of halogens is 1. The van der Waals surface area contributed by atoms with Crippen molar-refractivity contribution in [3.63, 3.8) is 0 Å². The summed E-state index contributed by atoms with van der Waals surface area (Å²) in [6, 6.07) is 4.87. The van der Waals surface area contributed by atoms with E-state index in [9.17, 15) is 14.4 Å². The Morgan fingerprint density at radius 2 is 2.16 bits per heavy atom. The van der Waals surface area contributed by atoms with Crippen LogP contribution in [0.25, 0.3) is 21.7 Å². The first-order valence-corrected chi connectivity index (χ1v) is 6.06. The Balaban J connectivity index is 2.58. The smallest absolute Gasteiger partial charge is 0.423 e. The Morgan fingerprint density at radius 3 is 2.84 bits per heavy atom. The second-order valence-corrected chi connectivity index (χ2v) is 4.47. The zero-order valence-electron chi connectivity index (χ0n) is 10.3. The molecule has 0 saturated carbocycles. The van der Waals surface area contributed by atoms with Gasteiger partial charge in [0.1, 0.15) is 5.82 Å². The summed E-state index contributed by atoms with van der Waals surface area (Å²) >= 11 is 0. The molecule has 3 rings (SSSR count). The van der Waals surface area contributed by atoms with E-state index in [-0.39, 0.29) is 5.82 Å². The largest absolute Gasteiger partial charge is 0.489 e. The monoisotopic (exact) mass is 258 g/mol. The van der Waals surface area contributed by atoms with Crippen molar-refractivity contribution in [2.45, 2.75) is 13.3 Å². The highest BCUT2D eigenvalue weighted by Crippen LogP contribution is 2.25. The SMILES string of the molecule is CCc1c(F)ccc2cc3[nH]ncc3c(B(O)O)c12. The summed E-state index contributed by atoms with van der Waals surface area (Å²) in [5.41, 5.74) is 1.49. The first kappa shape index (κ1) is 12.1. The van der Waals surface area contributed by atoms with Crippen molar-refractivity contribution >= 4 is 34.3 Å². The third kappa shape index (κ3) is 1.72. The number of aromatic amines is 1. The molecule has 0 spiro atoms. The predicted molar refractivity (Wildman–Crippen MR) is 72.8 cm³/mol. The molecule has 0 amide bonds. The first-order valence-electron chi connectivity index (χ1n) is 6.06. The minimum atomic E-state index is -1.67. The van der Waals surface area contributed by atoms with E-state index in [1.807, 2.05) is 13.0 Å². The van der Waals surface area contributed by atoms with Crippen LogP contribution >= 0.6 is 0 Å². The molecule has 0 saturated heterocycles. The fourth-order valence-corrected chi connectivity index (χ4v) is 2.60. The molecular weight excluding hydrogens is 246 g/mol. The maximum Gasteiger partial charge on any atom is 0.489 e. The van der Waals surface area contributed by atoms with E-state index in [0.29, 0.717) is 33.7 Å². The van der Waals surface area contributed by atoms with Gasteiger partial charge < -0.3 is 10.0 Å². The van der Waals surface area contributed by atoms with E-state index in [1.54, 1.807) is 6.07 Å². The average molecular weight is 258 g/mol. The predicted octanol–water partition coefficient (Wildman–Crippen LogP) is 1.10. The third-order valence-electron chi connectivity index (χ3n) is 3.43. The number of rotatable bonds is 2. The van der Waals surface area contributed by atoms with Crippen LogP contribution in [0.4, 0.5) is 4.39 Å². The summed E-state index contributed by atoms with van der Waals surface area (Å²) < 4.78 is 13.9. The topological polar surface area (TPSA) is 69.1 Å². The molecule has 2 aromatic carbocycles. The van der Waals surface area contributed by atoms with Crippen LogP contribution in [0.2, 0.25) is 0 Å². The fraction of sp³-hybridized carbons (Fsp3) is 0.154. The molecule has 6 heteroatoms. The summed E-state index contributed by atoms with van der Waals surface area (Å²) in [7, 11) is -1.67. The maximum absolute atomic E-state index is 13.9. The number of aromatic nitrogens is 2. The molecule has 96 valence electrons. The van der Waals surface area contributed by atoms with Crippen molar-refractivity contribution in [2.75, 3.05) is 0 Å². The number of aryl methyl sites for hydroxylation is 1. The molecule has 4 nitrogen and oxygen atoms in total. The van der Waals surface area contributed by atoms with Gasteiger partial charge in [-0.05, 0) is 34.9 Å². The highest BCUT2D eigenvalue weighted by Gasteiger charge is 2.22. The number of fused-ring (bicyclic) bond motifs is 2. The van der Waals surface area contributed by atoms with Crippen molar-refractivity contribution in [3.05, 3.63) is 35.8 Å². The van der Waals surface area contributed by atoms with Crippen LogP contribution in [0.15, 0.2) is 24.4 Å². The molecule has 1 heterocycles. The molecule has 0 fully saturated rings. The Morgan fingerprint density at radius 1 is 1.37 bits per heavy atom. The zero-order chi connectivity index (χ0) is 13.6. The normalized spacial score (nSPS) is 11.4. The van der Waals surface area contributed by atoms with Gasteiger partial charge in [-0.25, -0.2) is 4.39 Å². The number of nitrogens with one attached hydrogen (secondary N) is 1. The van der Waals surface area contributed by atoms with Crippen LogP contribution in [0.3, 0.4) is 0 Å². The minimum absolute atomic E-state index is 0.303. The highest BCUT2D eigenvalue weighted by molar-refractivity contribution is 6.65. The highest BCUT2D eigenvalue weighted by atomic mass is 19.1. The Bertz CT molecular complexity index is 770. The van der Waals surface area contributed by atoms with Crippen molar-refractivity contribution < 1.29 is 14.4 Å². The average Bonchev–Trinajstić information content (AvgIpc) is 2.83. The number of benzene rings is 2. The van der Waals surface area contributed by atoms with Crippen LogP contribution in [-0.2, 0) is 6.42 Å². The van der Waals surface area contributed by atoms with Gasteiger partial charge in [0.05, 0.1) is 11.7 Å². The summed E-state index contributed by atoms with van der Waals surface area (Å²) in [6.07, 6.45) is 2.00. The Labute approximate surface area is 109 Å². The van der Waals surface area contributed by atoms with Crippen LogP contribution < -0.4 is 5.46 Å². The van der Waals surface area contributed by atoms with Gasteiger partial charge in [0.2, 0.25) is 0 Å². The van der Waals surface area contributed by atoms with Crippen molar-refractivity contribution in [1.29, 1.82) is 0 Å². The van der Waals surface area contributed by atoms with Gasteiger partial charge in [-0.1, -0.05) is 13.0 Å². The number of nitrogens with zero attached hydrogens (tertiary/aromatic N) is 1. The Kier molecular flexibility index (Phi) is 2.76. The van der Waals surface area contributed by atoms with Crippen LogP contribution in [0.1, 0.15) is 12.5 Å². The fourth-order valence-electron chi connectivity index (χ4n) is 2.60. The number of H-pyrrole nitrogens is 1. The van der Waals surface area contributed by atoms with E-state index in [2.05, 4.69) is 10.2 Å². The summed E-state index contributed by atoms with van der Waals surface area (Å²) in [6.45, 7) is 1.84. The standard InChI is InChI=1S/C13H12BFN2O2/c1-2-8-10(15)4-3-7-5-11-9(6-16-17-11)13(12(7)8)14(18)19/h3-6,18-19H,2H2,1H3,(H,16,17). The van der Waals surface area contributed by atoms with Gasteiger partial charge in [0.15, 0.2) is 0 Å². The third-order valence-corrected chi connectivity index (χ3v) is 3.43. The van der Waals surface area contributed by atoms with E-state index in [0.717, 1.165) is 5.39 Å². The quantitative estimate of drug-likeness (QED) is 0.603. The second-order valence-electron chi connectivity index (χ2n) is 4.47. The lowest BCUT2D eigenvalue weighted by Gasteiger charge is -2.12. The maximum atomic E-state index is 13.9. The lowest BCUT2D eigenvalue weighted by molar-refractivity contribution is 0.426. The van der Waals surface area contributed by atoms with Crippen molar-refractivity contribution in [3.8, 4) is 0 Å². The molecule has 0 radical (unpaired) electrons. The molecule has 0 atom stereocenters. The van der Waals surface area contributed by atoms with Gasteiger partial charge in [-0.3, -0.25) is 5.10 Å². The van der Waals surface area contributed by atoms with E-state index in [4.69, 9.17) is 0 Å². The molecule has 0 aliphatic heterocycles. The molecule has 0 aliphatic rings. The van der Waals surface area contributed by atoms with Gasteiger partial charge in [-0.15, -0.1) is 0 Å². The van der Waals surface area contributed by atoms with E-state index < -0.39 is 7.12 Å². The lowest BCUT2D eigenvalue weighted by atomic mass is 9.73. The van der Waals surface area contributed by atoms with Gasteiger partial charge in [0, 0.05) is 10.8 Å². The minimum Gasteiger partial charge on any atom is -0.423 e. The van der Waals surface area contributed by atoms with Gasteiger partial charge in [0.25, 0.3) is 0 Å². The zero-order valence-corrected chi connectivity index (χ0v) is 10.3. The van der Waals surface area contributed by atoms with Crippen molar-refractivity contribution in [2.24, 2.45) is 0 Å². The van der Waals surface area contributed by atoms with Crippen LogP contribution in [-0.4, -0.2) is 27.4 Å². The molecule has 3 aromatic rings. The lowest BCUT2D eigenvalue weighted by Crippen LogP contribution is -2.32. The van der Waals surface area contributed by atoms with Crippen molar-refractivity contribution in [1.82, 2.24) is 10.2 Å². The van der Waals surface area contributed by atoms with Gasteiger partial charge in [-0.2, -0.15) is 5.10 Å². The van der Waals surface area contributed by atoms with E-state index in [1.165, 1.54) is 12.3 Å². The summed E-state index contributed by atoms with van der Waals surface area (Å²) in [5.74, 6) is -0.334. The second kappa shape index (κ2) is 4.33. The molecule has 0 unspecified atom stereocenters. The number of hydrogen-bond donors (Lipinski definition) is 3. The van der Waals surface area contributed by atoms with Crippen LogP contribution in [0.5, 0.6) is 0 Å². The summed E-state index contributed by atoms with van der Waals surface area (Å²) in [4.78, 5) is 0. The van der Waals surface area contributed by atoms with E-state index >= 15 is 0 Å². The van der Waals surface area contributed by atoms with Gasteiger partial charge >= 0.3 is 7.12 Å². The molecular formula is C13H12BFN2O2. The molecule has 19 heavy (non-hydrogen) atoms. The van der Waals surface area contributed by atoms with Crippen LogP contribution in [0, 0.1) is 5.82 Å². The molecule has 0 bridgehead atoms. The first-order chi connectivity index (χ1) is 9.13.